The van der Waals surface area contributed by atoms with Gasteiger partial charge in [0.1, 0.15) is 5.82 Å². The Bertz CT molecular complexity index is 569. The summed E-state index contributed by atoms with van der Waals surface area (Å²) in [5.41, 5.74) is -0.679. The van der Waals surface area contributed by atoms with Gasteiger partial charge in [-0.15, -0.1) is 0 Å². The number of carboxylic acid groups (broad SMARTS) is 1. The zero-order chi connectivity index (χ0) is 16.2. The zero-order valence-electron chi connectivity index (χ0n) is 12.5. The van der Waals surface area contributed by atoms with Gasteiger partial charge in [-0.25, -0.2) is 9.18 Å². The Morgan fingerprint density at radius 3 is 2.68 bits per heavy atom. The molecule has 1 aromatic rings. The minimum absolute atomic E-state index is 0.0614. The van der Waals surface area contributed by atoms with E-state index in [1.54, 1.807) is 0 Å². The van der Waals surface area contributed by atoms with Crippen molar-refractivity contribution >= 4 is 17.6 Å². The minimum atomic E-state index is -1.16. The van der Waals surface area contributed by atoms with Crippen molar-refractivity contribution in [3.63, 3.8) is 0 Å². The number of benzene rings is 1. The molecule has 1 aromatic carbocycles. The molecule has 2 N–H and O–H groups in total. The van der Waals surface area contributed by atoms with E-state index < -0.39 is 17.2 Å². The minimum Gasteiger partial charge on any atom is -0.478 e. The highest BCUT2D eigenvalue weighted by atomic mass is 19.1. The van der Waals surface area contributed by atoms with Crippen molar-refractivity contribution in [2.75, 3.05) is 18.5 Å². The fourth-order valence-corrected chi connectivity index (χ4v) is 2.62. The number of carboxylic acids is 1. The van der Waals surface area contributed by atoms with Crippen LogP contribution in [0.25, 0.3) is 0 Å². The van der Waals surface area contributed by atoms with Crippen LogP contribution in [-0.4, -0.2) is 30.2 Å². The van der Waals surface area contributed by atoms with Gasteiger partial charge in [0.05, 0.1) is 16.7 Å². The van der Waals surface area contributed by atoms with E-state index in [0.717, 1.165) is 31.4 Å². The van der Waals surface area contributed by atoms with Crippen molar-refractivity contribution in [2.24, 2.45) is 5.41 Å². The van der Waals surface area contributed by atoms with E-state index in [2.05, 4.69) is 5.32 Å². The molecule has 0 aliphatic heterocycles. The standard InChI is InChI=1S/C16H20FNO4/c1-2-22-9-8-16(6-3-7-16)15(21)18-13-10-11(14(19)20)4-5-12(13)17/h4-5,10H,2-3,6-9H2,1H3,(H,18,21)(H,19,20). The summed E-state index contributed by atoms with van der Waals surface area (Å²) in [6, 6.07) is 3.36. The third-order valence-corrected chi connectivity index (χ3v) is 4.18. The van der Waals surface area contributed by atoms with E-state index >= 15 is 0 Å². The fourth-order valence-electron chi connectivity index (χ4n) is 2.62. The number of halogens is 1. The molecule has 0 heterocycles. The van der Waals surface area contributed by atoms with Gasteiger partial charge < -0.3 is 15.2 Å². The fraction of sp³-hybridized carbons (Fsp3) is 0.500. The van der Waals surface area contributed by atoms with Crippen molar-refractivity contribution in [1.82, 2.24) is 0 Å². The predicted octanol–water partition coefficient (Wildman–Crippen LogP) is 3.06. The Morgan fingerprint density at radius 2 is 2.14 bits per heavy atom. The largest absolute Gasteiger partial charge is 0.478 e. The van der Waals surface area contributed by atoms with Gasteiger partial charge in [-0.1, -0.05) is 6.42 Å². The zero-order valence-corrected chi connectivity index (χ0v) is 12.5. The van der Waals surface area contributed by atoms with Gasteiger partial charge in [0.15, 0.2) is 0 Å². The second-order valence-corrected chi connectivity index (χ2v) is 5.53. The lowest BCUT2D eigenvalue weighted by Crippen LogP contribution is -2.43. The molecule has 0 spiro atoms. The summed E-state index contributed by atoms with van der Waals surface area (Å²) in [5.74, 6) is -2.07. The van der Waals surface area contributed by atoms with E-state index in [-0.39, 0.29) is 17.2 Å². The summed E-state index contributed by atoms with van der Waals surface area (Å²) in [4.78, 5) is 23.4. The van der Waals surface area contributed by atoms with Crippen LogP contribution in [0.15, 0.2) is 18.2 Å². The van der Waals surface area contributed by atoms with Crippen LogP contribution in [0.3, 0.4) is 0 Å². The van der Waals surface area contributed by atoms with Crippen LogP contribution in [0.1, 0.15) is 43.0 Å². The number of aromatic carboxylic acids is 1. The van der Waals surface area contributed by atoms with Gasteiger partial charge in [-0.3, -0.25) is 4.79 Å². The van der Waals surface area contributed by atoms with Crippen LogP contribution in [0.4, 0.5) is 10.1 Å². The van der Waals surface area contributed by atoms with Gasteiger partial charge >= 0.3 is 5.97 Å². The first kappa shape index (κ1) is 16.4. The molecule has 0 saturated heterocycles. The van der Waals surface area contributed by atoms with E-state index in [0.29, 0.717) is 19.6 Å². The first-order valence-corrected chi connectivity index (χ1v) is 7.40. The average molecular weight is 309 g/mol. The number of anilines is 1. The number of rotatable bonds is 7. The number of ether oxygens (including phenoxy) is 1. The number of hydrogen-bond donors (Lipinski definition) is 2. The van der Waals surface area contributed by atoms with E-state index in [4.69, 9.17) is 9.84 Å². The Balaban J connectivity index is 2.10. The maximum Gasteiger partial charge on any atom is 0.335 e. The van der Waals surface area contributed by atoms with E-state index in [1.807, 2.05) is 6.92 Å². The third-order valence-electron chi connectivity index (χ3n) is 4.18. The van der Waals surface area contributed by atoms with Crippen LogP contribution in [0.2, 0.25) is 0 Å². The number of carbonyl (C=O) groups excluding carboxylic acids is 1. The first-order valence-electron chi connectivity index (χ1n) is 7.40. The predicted molar refractivity (Wildman–Crippen MR) is 79.4 cm³/mol. The summed E-state index contributed by atoms with van der Waals surface area (Å²) in [7, 11) is 0. The van der Waals surface area contributed by atoms with Gasteiger partial charge in [0, 0.05) is 13.2 Å². The van der Waals surface area contributed by atoms with Gasteiger partial charge in [-0.05, 0) is 44.4 Å². The maximum absolute atomic E-state index is 13.8. The molecule has 1 aliphatic rings. The summed E-state index contributed by atoms with van der Waals surface area (Å²) in [5, 5.41) is 11.5. The molecule has 1 saturated carbocycles. The van der Waals surface area contributed by atoms with Crippen LogP contribution in [0.5, 0.6) is 0 Å². The Labute approximate surface area is 128 Å². The highest BCUT2D eigenvalue weighted by Crippen LogP contribution is 2.45. The highest BCUT2D eigenvalue weighted by Gasteiger charge is 2.43. The molecular formula is C16H20FNO4. The lowest BCUT2D eigenvalue weighted by atomic mass is 9.66. The number of nitrogens with one attached hydrogen (secondary N) is 1. The molecule has 1 amide bonds. The molecule has 22 heavy (non-hydrogen) atoms. The van der Waals surface area contributed by atoms with E-state index in [1.165, 1.54) is 6.07 Å². The molecule has 0 atom stereocenters. The maximum atomic E-state index is 13.8. The molecule has 6 heteroatoms. The van der Waals surface area contributed by atoms with Crippen LogP contribution >= 0.6 is 0 Å². The summed E-state index contributed by atoms with van der Waals surface area (Å²) in [6.07, 6.45) is 3.03. The van der Waals surface area contributed by atoms with Gasteiger partial charge in [0.25, 0.3) is 0 Å². The van der Waals surface area contributed by atoms with Crippen molar-refractivity contribution in [1.29, 1.82) is 0 Å². The van der Waals surface area contributed by atoms with Crippen LogP contribution in [-0.2, 0) is 9.53 Å². The second-order valence-electron chi connectivity index (χ2n) is 5.53. The van der Waals surface area contributed by atoms with Crippen molar-refractivity contribution in [3.8, 4) is 0 Å². The molecule has 0 bridgehead atoms. The molecule has 5 nitrogen and oxygen atoms in total. The molecule has 1 fully saturated rings. The lowest BCUT2D eigenvalue weighted by molar-refractivity contribution is -0.132. The monoisotopic (exact) mass is 309 g/mol. The van der Waals surface area contributed by atoms with E-state index in [9.17, 15) is 14.0 Å². The first-order chi connectivity index (χ1) is 10.5. The average Bonchev–Trinajstić information content (AvgIpc) is 2.43. The van der Waals surface area contributed by atoms with Gasteiger partial charge in [0.2, 0.25) is 5.91 Å². The smallest absolute Gasteiger partial charge is 0.335 e. The van der Waals surface area contributed by atoms with Crippen molar-refractivity contribution in [2.45, 2.75) is 32.6 Å². The summed E-state index contributed by atoms with van der Waals surface area (Å²) < 4.78 is 19.1. The molecule has 0 unspecified atom stereocenters. The quantitative estimate of drug-likeness (QED) is 0.759. The molecule has 2 rings (SSSR count). The molecule has 0 radical (unpaired) electrons. The number of hydrogen-bond acceptors (Lipinski definition) is 3. The highest BCUT2D eigenvalue weighted by molar-refractivity contribution is 5.97. The number of carbonyl (C=O) groups is 2. The SMILES string of the molecule is CCOCCC1(C(=O)Nc2cc(C(=O)O)ccc2F)CCC1. The Kier molecular flexibility index (Phi) is 5.13. The molecule has 120 valence electrons. The van der Waals surface area contributed by atoms with Crippen molar-refractivity contribution in [3.05, 3.63) is 29.6 Å². The number of amides is 1. The van der Waals surface area contributed by atoms with Crippen molar-refractivity contribution < 1.29 is 23.8 Å². The summed E-state index contributed by atoms with van der Waals surface area (Å²) in [6.45, 7) is 2.97. The van der Waals surface area contributed by atoms with Crippen LogP contribution < -0.4 is 5.32 Å². The Morgan fingerprint density at radius 1 is 1.41 bits per heavy atom. The lowest BCUT2D eigenvalue weighted by Gasteiger charge is -2.40. The molecule has 0 aromatic heterocycles. The Hall–Kier alpha value is -1.95. The third kappa shape index (κ3) is 3.44. The summed E-state index contributed by atoms with van der Waals surface area (Å²) >= 11 is 0. The van der Waals surface area contributed by atoms with Crippen LogP contribution in [0, 0.1) is 11.2 Å². The molecular weight excluding hydrogens is 289 g/mol. The van der Waals surface area contributed by atoms with Gasteiger partial charge in [-0.2, -0.15) is 0 Å². The normalized spacial score (nSPS) is 15.9. The molecule has 1 aliphatic carbocycles. The topological polar surface area (TPSA) is 75.6 Å². The second kappa shape index (κ2) is 6.87.